The molecule has 0 unspecified atom stereocenters. The molecule has 1 aromatic carbocycles. The molecule has 128 valence electrons. The molecule has 1 aliphatic rings. The summed E-state index contributed by atoms with van der Waals surface area (Å²) >= 11 is 0. The monoisotopic (exact) mass is 341 g/mol. The summed E-state index contributed by atoms with van der Waals surface area (Å²) in [6.07, 6.45) is 1.65. The number of sulfonamides is 1. The molecule has 0 amide bonds. The van der Waals surface area contributed by atoms with Crippen LogP contribution >= 0.6 is 0 Å². The van der Waals surface area contributed by atoms with Crippen LogP contribution in [0.1, 0.15) is 24.0 Å². The van der Waals surface area contributed by atoms with E-state index in [1.165, 1.54) is 16.4 Å². The molecule has 1 N–H and O–H groups in total. The van der Waals surface area contributed by atoms with Gasteiger partial charge in [-0.1, -0.05) is 0 Å². The highest BCUT2D eigenvalue weighted by atomic mass is 32.2. The van der Waals surface area contributed by atoms with Gasteiger partial charge in [0, 0.05) is 25.2 Å². The van der Waals surface area contributed by atoms with Gasteiger partial charge in [0.2, 0.25) is 10.0 Å². The topological polar surface area (TPSA) is 92.6 Å². The number of piperidine rings is 1. The number of rotatable bonds is 5. The zero-order valence-corrected chi connectivity index (χ0v) is 14.5. The van der Waals surface area contributed by atoms with Gasteiger partial charge in [0.15, 0.2) is 0 Å². The van der Waals surface area contributed by atoms with Crippen LogP contribution in [0.25, 0.3) is 0 Å². The molecule has 1 saturated heterocycles. The summed E-state index contributed by atoms with van der Waals surface area (Å²) in [6, 6.07) is 2.65. The van der Waals surface area contributed by atoms with Crippen molar-refractivity contribution in [3.8, 4) is 0 Å². The van der Waals surface area contributed by atoms with Crippen LogP contribution in [-0.2, 0) is 10.0 Å². The van der Waals surface area contributed by atoms with Crippen LogP contribution in [-0.4, -0.2) is 44.3 Å². The second-order valence-electron chi connectivity index (χ2n) is 6.07. The predicted octanol–water partition coefficient (Wildman–Crippen LogP) is 1.83. The lowest BCUT2D eigenvalue weighted by atomic mass is 9.98. The first kappa shape index (κ1) is 17.8. The van der Waals surface area contributed by atoms with Crippen LogP contribution in [0.5, 0.6) is 0 Å². The first-order chi connectivity index (χ1) is 10.8. The molecule has 0 radical (unpaired) electrons. The summed E-state index contributed by atoms with van der Waals surface area (Å²) in [5, 5.41) is 14.0. The minimum Gasteiger partial charge on any atom is -0.319 e. The van der Waals surface area contributed by atoms with Gasteiger partial charge in [0.1, 0.15) is 0 Å². The van der Waals surface area contributed by atoms with Crippen molar-refractivity contribution in [3.63, 3.8) is 0 Å². The molecule has 2 rings (SSSR count). The van der Waals surface area contributed by atoms with Gasteiger partial charge < -0.3 is 5.32 Å². The Bertz CT molecular complexity index is 672. The summed E-state index contributed by atoms with van der Waals surface area (Å²) in [5.41, 5.74) is 0.773. The quantitative estimate of drug-likeness (QED) is 0.651. The average molecular weight is 341 g/mol. The van der Waals surface area contributed by atoms with E-state index in [4.69, 9.17) is 0 Å². The molecular weight excluding hydrogens is 318 g/mol. The van der Waals surface area contributed by atoms with E-state index in [0.717, 1.165) is 19.4 Å². The summed E-state index contributed by atoms with van der Waals surface area (Å²) < 4.78 is 27.3. The Morgan fingerprint density at radius 2 is 1.78 bits per heavy atom. The van der Waals surface area contributed by atoms with Crippen molar-refractivity contribution in [3.05, 3.63) is 33.4 Å². The maximum Gasteiger partial charge on any atom is 0.270 e. The van der Waals surface area contributed by atoms with Crippen molar-refractivity contribution in [2.75, 3.05) is 26.7 Å². The molecule has 0 bridgehead atoms. The van der Waals surface area contributed by atoms with Crippen LogP contribution in [0.3, 0.4) is 0 Å². The Balaban J connectivity index is 2.29. The normalized spacial score (nSPS) is 17.3. The lowest BCUT2D eigenvalue weighted by Gasteiger charge is -2.31. The number of benzene rings is 1. The third-order valence-electron chi connectivity index (χ3n) is 4.32. The fraction of sp³-hybridized carbons (Fsp3) is 0.600. The fourth-order valence-corrected chi connectivity index (χ4v) is 5.09. The van der Waals surface area contributed by atoms with Gasteiger partial charge in [0.05, 0.1) is 9.82 Å². The van der Waals surface area contributed by atoms with Crippen molar-refractivity contribution in [1.82, 2.24) is 9.62 Å². The average Bonchev–Trinajstić information content (AvgIpc) is 2.47. The maximum absolute atomic E-state index is 12.9. The van der Waals surface area contributed by atoms with E-state index in [2.05, 4.69) is 5.32 Å². The van der Waals surface area contributed by atoms with Crippen molar-refractivity contribution in [2.24, 2.45) is 5.92 Å². The first-order valence-corrected chi connectivity index (χ1v) is 9.11. The molecule has 1 aromatic rings. The van der Waals surface area contributed by atoms with Gasteiger partial charge in [-0.05, 0) is 57.3 Å². The van der Waals surface area contributed by atoms with E-state index >= 15 is 0 Å². The molecule has 7 nitrogen and oxygen atoms in total. The first-order valence-electron chi connectivity index (χ1n) is 7.67. The number of aryl methyl sites for hydroxylation is 2. The predicted molar refractivity (Wildman–Crippen MR) is 88.0 cm³/mol. The van der Waals surface area contributed by atoms with Crippen molar-refractivity contribution >= 4 is 15.7 Å². The SMILES string of the molecule is CNCC1CCN(S(=O)(=O)c2c(C)cc([N+](=O)[O-])cc2C)CC1. The molecule has 1 fully saturated rings. The van der Waals surface area contributed by atoms with E-state index in [1.54, 1.807) is 13.8 Å². The Kier molecular flexibility index (Phi) is 5.38. The van der Waals surface area contributed by atoms with E-state index in [0.29, 0.717) is 30.1 Å². The number of hydrogen-bond donors (Lipinski definition) is 1. The second kappa shape index (κ2) is 6.94. The Hall–Kier alpha value is -1.51. The van der Waals surface area contributed by atoms with Crippen molar-refractivity contribution in [2.45, 2.75) is 31.6 Å². The van der Waals surface area contributed by atoms with Crippen molar-refractivity contribution < 1.29 is 13.3 Å². The van der Waals surface area contributed by atoms with Gasteiger partial charge in [-0.2, -0.15) is 4.31 Å². The van der Waals surface area contributed by atoms with Crippen LogP contribution in [0.4, 0.5) is 5.69 Å². The number of hydrogen-bond acceptors (Lipinski definition) is 5. The number of nitrogens with one attached hydrogen (secondary N) is 1. The molecule has 8 heteroatoms. The molecule has 23 heavy (non-hydrogen) atoms. The van der Waals surface area contributed by atoms with Crippen LogP contribution in [0.15, 0.2) is 17.0 Å². The van der Waals surface area contributed by atoms with Gasteiger partial charge >= 0.3 is 0 Å². The molecule has 1 aliphatic heterocycles. The number of nitrogens with zero attached hydrogens (tertiary/aromatic N) is 2. The Morgan fingerprint density at radius 1 is 1.26 bits per heavy atom. The molecule has 0 atom stereocenters. The molecular formula is C15H23N3O4S. The van der Waals surface area contributed by atoms with Crippen molar-refractivity contribution in [1.29, 1.82) is 0 Å². The van der Waals surface area contributed by atoms with Crippen LogP contribution in [0, 0.1) is 29.9 Å². The van der Waals surface area contributed by atoms with Gasteiger partial charge in [-0.25, -0.2) is 8.42 Å². The Morgan fingerprint density at radius 3 is 2.22 bits per heavy atom. The minimum absolute atomic E-state index is 0.0771. The zero-order chi connectivity index (χ0) is 17.2. The zero-order valence-electron chi connectivity index (χ0n) is 13.7. The summed E-state index contributed by atoms with van der Waals surface area (Å²) in [5.74, 6) is 0.491. The second-order valence-corrected chi connectivity index (χ2v) is 7.95. The lowest BCUT2D eigenvalue weighted by molar-refractivity contribution is -0.385. The van der Waals surface area contributed by atoms with E-state index < -0.39 is 14.9 Å². The summed E-state index contributed by atoms with van der Waals surface area (Å²) in [7, 11) is -1.72. The van der Waals surface area contributed by atoms with E-state index in [-0.39, 0.29) is 10.6 Å². The number of nitro groups is 1. The maximum atomic E-state index is 12.9. The molecule has 0 spiro atoms. The molecule has 0 aliphatic carbocycles. The third kappa shape index (κ3) is 3.70. The minimum atomic E-state index is -3.61. The van der Waals surface area contributed by atoms with E-state index in [9.17, 15) is 18.5 Å². The molecule has 0 saturated carbocycles. The Labute approximate surface area is 136 Å². The standard InChI is InChI=1S/C15H23N3O4S/c1-11-8-14(18(19)20)9-12(2)15(11)23(21,22)17-6-4-13(5-7-17)10-16-3/h8-9,13,16H,4-7,10H2,1-3H3. The highest BCUT2D eigenvalue weighted by Gasteiger charge is 2.32. The molecule has 1 heterocycles. The third-order valence-corrected chi connectivity index (χ3v) is 6.52. The van der Waals surface area contributed by atoms with Gasteiger partial charge in [0.25, 0.3) is 5.69 Å². The largest absolute Gasteiger partial charge is 0.319 e. The van der Waals surface area contributed by atoms with Gasteiger partial charge in [-0.15, -0.1) is 0 Å². The van der Waals surface area contributed by atoms with Gasteiger partial charge in [-0.3, -0.25) is 10.1 Å². The fourth-order valence-electron chi connectivity index (χ4n) is 3.21. The highest BCUT2D eigenvalue weighted by molar-refractivity contribution is 7.89. The highest BCUT2D eigenvalue weighted by Crippen LogP contribution is 2.30. The number of nitro benzene ring substituents is 1. The van der Waals surface area contributed by atoms with Crippen LogP contribution in [0.2, 0.25) is 0 Å². The smallest absolute Gasteiger partial charge is 0.270 e. The lowest BCUT2D eigenvalue weighted by Crippen LogP contribution is -2.40. The molecule has 0 aromatic heterocycles. The van der Waals surface area contributed by atoms with Crippen LogP contribution < -0.4 is 5.32 Å². The van der Waals surface area contributed by atoms with E-state index in [1.807, 2.05) is 7.05 Å². The summed E-state index contributed by atoms with van der Waals surface area (Å²) in [4.78, 5) is 10.6. The summed E-state index contributed by atoms with van der Waals surface area (Å²) in [6.45, 7) is 5.10. The number of non-ortho nitro benzene ring substituents is 1.